The van der Waals surface area contributed by atoms with Crippen molar-refractivity contribution >= 4 is 12.0 Å². The molecule has 8 nitrogen and oxygen atoms in total. The van der Waals surface area contributed by atoms with Gasteiger partial charge in [0.1, 0.15) is 23.4 Å². The summed E-state index contributed by atoms with van der Waals surface area (Å²) in [5.74, 6) is 1.78. The lowest BCUT2D eigenvalue weighted by atomic mass is 9.65. The summed E-state index contributed by atoms with van der Waals surface area (Å²) in [7, 11) is 6.35. The molecule has 1 spiro atoms. The zero-order valence-corrected chi connectivity index (χ0v) is 23.4. The lowest BCUT2D eigenvalue weighted by Crippen LogP contribution is -2.58. The topological polar surface area (TPSA) is 88.3 Å². The van der Waals surface area contributed by atoms with Gasteiger partial charge >= 0.3 is 5.97 Å². The maximum absolute atomic E-state index is 13.0. The standard InChI is InChI=1S/C29H42O8/c1-17(2)9-11-22-28(4,37-22)27-26(34-8)24(18(3)15-29(27)16-35-29)36-23(30)12-10-19-13-20(31-5)25(33-7)21(14-19)32-6/h10,12-14,17-18,22,24,26-27H,9,11,15-16H2,1-8H3/b12-10-/t18-,22-,24-,26-,27-,28?,29+/m1/s1. The first kappa shape index (κ1) is 27.7. The largest absolute Gasteiger partial charge is 0.493 e. The molecule has 2 aliphatic heterocycles. The molecule has 2 saturated heterocycles. The van der Waals surface area contributed by atoms with E-state index >= 15 is 0 Å². The van der Waals surface area contributed by atoms with E-state index in [1.807, 2.05) is 0 Å². The van der Waals surface area contributed by atoms with Crippen LogP contribution in [0.5, 0.6) is 17.2 Å². The zero-order chi connectivity index (χ0) is 27.0. The molecule has 1 aliphatic carbocycles. The normalized spacial score (nSPS) is 34.6. The number of carbonyl (C=O) groups excluding carboxylic acids is 1. The van der Waals surface area contributed by atoms with E-state index in [0.29, 0.717) is 29.8 Å². The molecule has 1 aromatic rings. The van der Waals surface area contributed by atoms with Gasteiger partial charge in [0, 0.05) is 13.2 Å². The van der Waals surface area contributed by atoms with Gasteiger partial charge in [-0.15, -0.1) is 0 Å². The first-order valence-electron chi connectivity index (χ1n) is 13.2. The van der Waals surface area contributed by atoms with Crippen LogP contribution in [0.4, 0.5) is 0 Å². The molecule has 1 unspecified atom stereocenters. The molecule has 0 radical (unpaired) electrons. The Morgan fingerprint density at radius 2 is 1.76 bits per heavy atom. The van der Waals surface area contributed by atoms with Crippen molar-refractivity contribution in [1.29, 1.82) is 0 Å². The number of hydrogen-bond donors (Lipinski definition) is 0. The summed E-state index contributed by atoms with van der Waals surface area (Å²) >= 11 is 0. The molecule has 0 bridgehead atoms. The monoisotopic (exact) mass is 518 g/mol. The van der Waals surface area contributed by atoms with Gasteiger partial charge in [0.25, 0.3) is 0 Å². The predicted molar refractivity (Wildman–Crippen MR) is 139 cm³/mol. The van der Waals surface area contributed by atoms with E-state index in [-0.39, 0.29) is 35.2 Å². The van der Waals surface area contributed by atoms with Crippen molar-refractivity contribution in [2.75, 3.05) is 35.0 Å². The van der Waals surface area contributed by atoms with Gasteiger partial charge in [0.05, 0.1) is 40.0 Å². The number of epoxide rings is 2. The Kier molecular flexibility index (Phi) is 8.12. The average Bonchev–Trinajstić information content (AvgIpc) is 3.78. The number of methoxy groups -OCH3 is 4. The highest BCUT2D eigenvalue weighted by Crippen LogP contribution is 2.60. The van der Waals surface area contributed by atoms with Crippen molar-refractivity contribution in [3.8, 4) is 17.2 Å². The third-order valence-electron chi connectivity index (χ3n) is 8.19. The molecule has 1 saturated carbocycles. The molecule has 3 fully saturated rings. The molecule has 37 heavy (non-hydrogen) atoms. The first-order chi connectivity index (χ1) is 17.6. The van der Waals surface area contributed by atoms with Crippen LogP contribution in [0.1, 0.15) is 52.5 Å². The van der Waals surface area contributed by atoms with Crippen LogP contribution in [0.3, 0.4) is 0 Å². The van der Waals surface area contributed by atoms with Crippen molar-refractivity contribution in [2.24, 2.45) is 17.8 Å². The third kappa shape index (κ3) is 5.47. The molecule has 7 atom stereocenters. The van der Waals surface area contributed by atoms with Crippen LogP contribution in [0.2, 0.25) is 0 Å². The van der Waals surface area contributed by atoms with Gasteiger partial charge in [-0.05, 0) is 61.8 Å². The minimum atomic E-state index is -0.433. The molecule has 2 heterocycles. The van der Waals surface area contributed by atoms with Crippen molar-refractivity contribution in [1.82, 2.24) is 0 Å². The van der Waals surface area contributed by atoms with Gasteiger partial charge in [-0.2, -0.15) is 0 Å². The van der Waals surface area contributed by atoms with Crippen LogP contribution in [0.15, 0.2) is 18.2 Å². The Bertz CT molecular complexity index is 975. The summed E-state index contributed by atoms with van der Waals surface area (Å²) in [6.45, 7) is 9.41. The number of hydrogen-bond acceptors (Lipinski definition) is 8. The Labute approximate surface area is 220 Å². The van der Waals surface area contributed by atoms with Crippen molar-refractivity contribution in [3.63, 3.8) is 0 Å². The van der Waals surface area contributed by atoms with E-state index in [0.717, 1.165) is 24.8 Å². The summed E-state index contributed by atoms with van der Waals surface area (Å²) in [5.41, 5.74) is 0.112. The van der Waals surface area contributed by atoms with Crippen molar-refractivity contribution in [2.45, 2.75) is 76.5 Å². The van der Waals surface area contributed by atoms with Gasteiger partial charge in [-0.1, -0.05) is 20.8 Å². The SMILES string of the molecule is COc1cc(/C=C\C(=O)O[C@H]2[C@@H](OC)[C@H](C3(C)O[C@@H]3CCC(C)C)[C@@]3(CO3)C[C@H]2C)cc(OC)c1OC. The molecular weight excluding hydrogens is 476 g/mol. The maximum Gasteiger partial charge on any atom is 0.331 e. The summed E-state index contributed by atoms with van der Waals surface area (Å²) in [6, 6.07) is 3.55. The minimum absolute atomic E-state index is 0.00440. The van der Waals surface area contributed by atoms with Crippen molar-refractivity contribution in [3.05, 3.63) is 23.8 Å². The van der Waals surface area contributed by atoms with Crippen LogP contribution in [0, 0.1) is 17.8 Å². The summed E-state index contributed by atoms with van der Waals surface area (Å²) in [4.78, 5) is 13.0. The molecule has 206 valence electrons. The van der Waals surface area contributed by atoms with E-state index in [2.05, 4.69) is 27.7 Å². The quantitative estimate of drug-likeness (QED) is 0.237. The van der Waals surface area contributed by atoms with E-state index in [1.54, 1.807) is 46.6 Å². The Morgan fingerprint density at radius 3 is 2.27 bits per heavy atom. The molecule has 0 N–H and O–H groups in total. The third-order valence-corrected chi connectivity index (χ3v) is 8.19. The average molecular weight is 519 g/mol. The molecule has 1 aromatic carbocycles. The first-order valence-corrected chi connectivity index (χ1v) is 13.2. The molecule has 0 aromatic heterocycles. The fraction of sp³-hybridized carbons (Fsp3) is 0.690. The lowest BCUT2D eigenvalue weighted by Gasteiger charge is -2.45. The highest BCUT2D eigenvalue weighted by Gasteiger charge is 2.73. The second-order valence-corrected chi connectivity index (χ2v) is 11.2. The molecule has 4 rings (SSSR count). The number of ether oxygens (including phenoxy) is 7. The Balaban J connectivity index is 1.50. The maximum atomic E-state index is 13.0. The highest BCUT2D eigenvalue weighted by molar-refractivity contribution is 5.87. The van der Waals surface area contributed by atoms with Gasteiger partial charge in [-0.25, -0.2) is 4.79 Å². The van der Waals surface area contributed by atoms with Crippen LogP contribution < -0.4 is 14.2 Å². The highest BCUT2D eigenvalue weighted by atomic mass is 16.6. The predicted octanol–water partition coefficient (Wildman–Crippen LogP) is 4.67. The van der Waals surface area contributed by atoms with Gasteiger partial charge in [0.2, 0.25) is 5.75 Å². The van der Waals surface area contributed by atoms with Crippen LogP contribution in [-0.4, -0.2) is 70.5 Å². The lowest BCUT2D eigenvalue weighted by molar-refractivity contribution is -0.176. The van der Waals surface area contributed by atoms with E-state index in [4.69, 9.17) is 33.2 Å². The Hall–Kier alpha value is -2.29. The van der Waals surface area contributed by atoms with E-state index in [9.17, 15) is 4.79 Å². The number of esters is 1. The van der Waals surface area contributed by atoms with Crippen LogP contribution >= 0.6 is 0 Å². The number of carbonyl (C=O) groups is 1. The smallest absolute Gasteiger partial charge is 0.331 e. The number of benzene rings is 1. The van der Waals surface area contributed by atoms with Gasteiger partial charge in [0.15, 0.2) is 11.5 Å². The Morgan fingerprint density at radius 1 is 1.11 bits per heavy atom. The summed E-state index contributed by atoms with van der Waals surface area (Å²) in [5, 5.41) is 0. The fourth-order valence-electron chi connectivity index (χ4n) is 6.20. The fourth-order valence-corrected chi connectivity index (χ4v) is 6.20. The second kappa shape index (κ2) is 10.8. The van der Waals surface area contributed by atoms with Crippen molar-refractivity contribution < 1.29 is 38.0 Å². The second-order valence-electron chi connectivity index (χ2n) is 11.2. The number of rotatable bonds is 11. The van der Waals surface area contributed by atoms with Crippen LogP contribution in [0.25, 0.3) is 6.08 Å². The molecule has 8 heteroatoms. The molecule has 3 aliphatic rings. The molecule has 0 amide bonds. The van der Waals surface area contributed by atoms with E-state index < -0.39 is 12.1 Å². The van der Waals surface area contributed by atoms with Gasteiger partial charge < -0.3 is 33.2 Å². The van der Waals surface area contributed by atoms with E-state index in [1.165, 1.54) is 6.08 Å². The minimum Gasteiger partial charge on any atom is -0.493 e. The zero-order valence-electron chi connectivity index (χ0n) is 23.4. The summed E-state index contributed by atoms with van der Waals surface area (Å²) < 4.78 is 40.7. The van der Waals surface area contributed by atoms with Crippen LogP contribution in [-0.2, 0) is 23.7 Å². The molecular formula is C29H42O8. The van der Waals surface area contributed by atoms with Gasteiger partial charge in [-0.3, -0.25) is 0 Å². The summed E-state index contributed by atoms with van der Waals surface area (Å²) in [6.07, 6.45) is 5.47.